The van der Waals surface area contributed by atoms with Crippen LogP contribution in [0.15, 0.2) is 22.7 Å². The van der Waals surface area contributed by atoms with Crippen LogP contribution in [0.1, 0.15) is 56.1 Å². The number of hydrogen-bond acceptors (Lipinski definition) is 3. The van der Waals surface area contributed by atoms with Crippen LogP contribution in [0.4, 0.5) is 5.69 Å². The Morgan fingerprint density at radius 3 is 2.38 bits per heavy atom. The highest BCUT2D eigenvalue weighted by molar-refractivity contribution is 9.10. The monoisotopic (exact) mass is 351 g/mol. The van der Waals surface area contributed by atoms with Gasteiger partial charge in [0.2, 0.25) is 0 Å². The fourth-order valence-electron chi connectivity index (χ4n) is 2.77. The summed E-state index contributed by atoms with van der Waals surface area (Å²) in [6, 6.07) is 1.89. The summed E-state index contributed by atoms with van der Waals surface area (Å²) in [5.41, 5.74) is 9.02. The second-order valence-corrected chi connectivity index (χ2v) is 7.36. The standard InChI is InChI=1S/C17H22BrNO2/c1-6-21-15(20)10-9-11-12(13(18)14(10)19)17(4,5)8-7-16(11,2)3/h7-9H,6,19H2,1-5H3. The molecule has 2 rings (SSSR count). The van der Waals surface area contributed by atoms with Gasteiger partial charge >= 0.3 is 5.97 Å². The molecule has 21 heavy (non-hydrogen) atoms. The van der Waals surface area contributed by atoms with Crippen molar-refractivity contribution in [1.82, 2.24) is 0 Å². The molecule has 0 atom stereocenters. The highest BCUT2D eigenvalue weighted by atomic mass is 79.9. The number of esters is 1. The largest absolute Gasteiger partial charge is 0.462 e. The quantitative estimate of drug-likeness (QED) is 0.490. The van der Waals surface area contributed by atoms with Crippen molar-refractivity contribution >= 4 is 27.6 Å². The maximum Gasteiger partial charge on any atom is 0.340 e. The molecule has 1 aliphatic rings. The Kier molecular flexibility index (Phi) is 3.96. The van der Waals surface area contributed by atoms with E-state index in [1.807, 2.05) is 6.07 Å². The van der Waals surface area contributed by atoms with Crippen molar-refractivity contribution in [3.05, 3.63) is 39.4 Å². The Morgan fingerprint density at radius 2 is 1.81 bits per heavy atom. The molecule has 0 saturated carbocycles. The molecule has 114 valence electrons. The molecule has 0 saturated heterocycles. The van der Waals surface area contributed by atoms with Gasteiger partial charge in [-0.05, 0) is 40.0 Å². The number of hydrogen-bond donors (Lipinski definition) is 1. The predicted molar refractivity (Wildman–Crippen MR) is 89.7 cm³/mol. The summed E-state index contributed by atoms with van der Waals surface area (Å²) < 4.78 is 5.91. The van der Waals surface area contributed by atoms with Gasteiger partial charge in [0.1, 0.15) is 0 Å². The number of rotatable bonds is 2. The second-order valence-electron chi connectivity index (χ2n) is 6.57. The molecule has 1 aliphatic carbocycles. The Hall–Kier alpha value is -1.29. The lowest BCUT2D eigenvalue weighted by Crippen LogP contribution is -2.30. The zero-order valence-electron chi connectivity index (χ0n) is 13.2. The first-order valence-electron chi connectivity index (χ1n) is 7.12. The molecule has 1 aromatic carbocycles. The molecule has 0 unspecified atom stereocenters. The molecule has 4 heteroatoms. The van der Waals surface area contributed by atoms with E-state index in [2.05, 4.69) is 55.8 Å². The van der Waals surface area contributed by atoms with E-state index in [9.17, 15) is 4.79 Å². The number of ether oxygens (including phenoxy) is 1. The Bertz CT molecular complexity index is 630. The van der Waals surface area contributed by atoms with E-state index < -0.39 is 0 Å². The van der Waals surface area contributed by atoms with Gasteiger partial charge in [-0.25, -0.2) is 4.79 Å². The lowest BCUT2D eigenvalue weighted by molar-refractivity contribution is 0.0527. The molecule has 0 heterocycles. The SMILES string of the molecule is CCOC(=O)c1cc2c(c(Br)c1N)C(C)(C)C=CC2(C)C. The molecule has 3 nitrogen and oxygen atoms in total. The number of benzene rings is 1. The fourth-order valence-corrected chi connectivity index (χ4v) is 3.71. The molecule has 0 aromatic heterocycles. The molecule has 2 N–H and O–H groups in total. The normalized spacial score (nSPS) is 18.2. The lowest BCUT2D eigenvalue weighted by Gasteiger charge is -2.38. The van der Waals surface area contributed by atoms with Gasteiger partial charge in [-0.2, -0.15) is 0 Å². The molecular weight excluding hydrogens is 330 g/mol. The number of anilines is 1. The van der Waals surface area contributed by atoms with Gasteiger partial charge in [0.15, 0.2) is 0 Å². The molecular formula is C17H22BrNO2. The summed E-state index contributed by atoms with van der Waals surface area (Å²) in [6.45, 7) is 10.7. The van der Waals surface area contributed by atoms with Crippen LogP contribution in [0.5, 0.6) is 0 Å². The van der Waals surface area contributed by atoms with Gasteiger partial charge in [0.25, 0.3) is 0 Å². The van der Waals surface area contributed by atoms with Crippen molar-refractivity contribution in [1.29, 1.82) is 0 Å². The molecule has 0 bridgehead atoms. The van der Waals surface area contributed by atoms with Crippen molar-refractivity contribution in [2.24, 2.45) is 0 Å². The van der Waals surface area contributed by atoms with Crippen LogP contribution in [0.25, 0.3) is 0 Å². The third-order valence-electron chi connectivity index (χ3n) is 4.05. The topological polar surface area (TPSA) is 52.3 Å². The van der Waals surface area contributed by atoms with E-state index in [4.69, 9.17) is 10.5 Å². The van der Waals surface area contributed by atoms with Crippen molar-refractivity contribution < 1.29 is 9.53 Å². The van der Waals surface area contributed by atoms with Crippen LogP contribution >= 0.6 is 15.9 Å². The zero-order chi connectivity index (χ0) is 16.0. The van der Waals surface area contributed by atoms with E-state index in [0.717, 1.165) is 15.6 Å². The first-order chi connectivity index (χ1) is 9.62. The average molecular weight is 352 g/mol. The van der Waals surface area contributed by atoms with Gasteiger partial charge < -0.3 is 10.5 Å². The van der Waals surface area contributed by atoms with Crippen LogP contribution < -0.4 is 5.73 Å². The minimum atomic E-state index is -0.373. The van der Waals surface area contributed by atoms with Gasteiger partial charge in [-0.3, -0.25) is 0 Å². The molecule has 0 amide bonds. The fraction of sp³-hybridized carbons (Fsp3) is 0.471. The summed E-state index contributed by atoms with van der Waals surface area (Å²) in [5, 5.41) is 0. The number of carbonyl (C=O) groups excluding carboxylic acids is 1. The van der Waals surface area contributed by atoms with Crippen molar-refractivity contribution in [2.75, 3.05) is 12.3 Å². The number of nitrogen functional groups attached to an aromatic ring is 1. The molecule has 0 spiro atoms. The summed E-state index contributed by atoms with van der Waals surface area (Å²) in [7, 11) is 0. The van der Waals surface area contributed by atoms with Crippen LogP contribution in [-0.4, -0.2) is 12.6 Å². The molecule has 1 aromatic rings. The van der Waals surface area contributed by atoms with Gasteiger partial charge in [-0.1, -0.05) is 39.8 Å². The molecule has 0 radical (unpaired) electrons. The third-order valence-corrected chi connectivity index (χ3v) is 4.88. The first kappa shape index (κ1) is 16.1. The minimum absolute atomic E-state index is 0.134. The summed E-state index contributed by atoms with van der Waals surface area (Å²) in [4.78, 5) is 12.1. The van der Waals surface area contributed by atoms with Gasteiger partial charge in [0, 0.05) is 15.3 Å². The molecule has 0 fully saturated rings. The van der Waals surface area contributed by atoms with Crippen molar-refractivity contribution in [3.8, 4) is 0 Å². The summed E-state index contributed by atoms with van der Waals surface area (Å²) in [6.07, 6.45) is 4.39. The van der Waals surface area contributed by atoms with E-state index in [-0.39, 0.29) is 16.8 Å². The van der Waals surface area contributed by atoms with Crippen LogP contribution in [0.2, 0.25) is 0 Å². The van der Waals surface area contributed by atoms with Crippen LogP contribution in [-0.2, 0) is 15.6 Å². The zero-order valence-corrected chi connectivity index (χ0v) is 14.8. The van der Waals surface area contributed by atoms with Gasteiger partial charge in [-0.15, -0.1) is 0 Å². The van der Waals surface area contributed by atoms with E-state index in [1.54, 1.807) is 6.92 Å². The first-order valence-corrected chi connectivity index (χ1v) is 7.91. The Labute approximate surface area is 134 Å². The maximum absolute atomic E-state index is 12.1. The number of allylic oxidation sites excluding steroid dienone is 2. The number of fused-ring (bicyclic) bond motifs is 1. The third kappa shape index (κ3) is 2.61. The Morgan fingerprint density at radius 1 is 1.24 bits per heavy atom. The summed E-state index contributed by atoms with van der Waals surface area (Å²) in [5.74, 6) is -0.373. The minimum Gasteiger partial charge on any atom is -0.462 e. The van der Waals surface area contributed by atoms with Crippen LogP contribution in [0.3, 0.4) is 0 Å². The molecule has 0 aliphatic heterocycles. The number of nitrogens with two attached hydrogens (primary N) is 1. The maximum atomic E-state index is 12.1. The highest BCUT2D eigenvalue weighted by Crippen LogP contribution is 2.47. The van der Waals surface area contributed by atoms with Crippen LogP contribution in [0, 0.1) is 0 Å². The van der Waals surface area contributed by atoms with Crippen molar-refractivity contribution in [3.63, 3.8) is 0 Å². The van der Waals surface area contributed by atoms with E-state index in [1.165, 1.54) is 0 Å². The van der Waals surface area contributed by atoms with E-state index >= 15 is 0 Å². The average Bonchev–Trinajstić information content (AvgIpc) is 2.38. The number of halogens is 1. The Balaban J connectivity index is 2.75. The highest BCUT2D eigenvalue weighted by Gasteiger charge is 2.36. The smallest absolute Gasteiger partial charge is 0.340 e. The predicted octanol–water partition coefficient (Wildman–Crippen LogP) is 4.33. The second kappa shape index (κ2) is 5.16. The number of carbonyl (C=O) groups is 1. The van der Waals surface area contributed by atoms with Gasteiger partial charge in [0.05, 0.1) is 17.9 Å². The lowest BCUT2D eigenvalue weighted by atomic mass is 9.67. The van der Waals surface area contributed by atoms with E-state index in [0.29, 0.717) is 17.9 Å². The summed E-state index contributed by atoms with van der Waals surface area (Å²) >= 11 is 3.60. The van der Waals surface area contributed by atoms with Crippen molar-refractivity contribution in [2.45, 2.75) is 45.4 Å².